The molecule has 1 amide bonds. The average Bonchev–Trinajstić information content (AvgIpc) is 2.72. The maximum Gasteiger partial charge on any atom is 0.220 e. The number of carbonyl (C=O) groups excluding carboxylic acids is 1. The number of hydrogen-bond acceptors (Lipinski definition) is 4. The molecule has 7 heteroatoms. The third-order valence-electron chi connectivity index (χ3n) is 5.45. The standard InChI is InChI=1S/C23H28N6O/c1-23(2)20-14-18(24)8-6-16(20)13-17-7-9-19(15-21(17)23)26-10-3-5-22(30)27-11-4-12-28-29-25/h6-9,13-15H,3-5,10-12,24H2,1-2H3,(H,27,30). The number of amides is 1. The summed E-state index contributed by atoms with van der Waals surface area (Å²) in [6.07, 6.45) is 10.3. The number of nitrogens with two attached hydrogens (primary N) is 1. The molecule has 156 valence electrons. The number of carbonyl (C=O) groups is 1. The van der Waals surface area contributed by atoms with Crippen LogP contribution in [-0.4, -0.2) is 31.3 Å². The van der Waals surface area contributed by atoms with Crippen LogP contribution >= 0.6 is 0 Å². The number of rotatable bonds is 8. The second kappa shape index (κ2) is 9.46. The summed E-state index contributed by atoms with van der Waals surface area (Å²) in [6, 6.07) is 6.08. The zero-order valence-electron chi connectivity index (χ0n) is 17.6. The highest BCUT2D eigenvalue weighted by Crippen LogP contribution is 2.44. The predicted octanol–water partition coefficient (Wildman–Crippen LogP) is 4.48. The van der Waals surface area contributed by atoms with Crippen molar-refractivity contribution in [3.05, 3.63) is 69.1 Å². The van der Waals surface area contributed by atoms with Crippen molar-refractivity contribution in [1.29, 1.82) is 0 Å². The van der Waals surface area contributed by atoms with Crippen LogP contribution in [0, 0.1) is 0 Å². The quantitative estimate of drug-likeness (QED) is 0.219. The fraction of sp³-hybridized carbons (Fsp3) is 0.391. The number of nitrogens with zero attached hydrogens (tertiary/aromatic N) is 4. The number of hydrogen-bond donors (Lipinski definition) is 2. The molecular formula is C23H28N6O. The molecule has 2 aliphatic rings. The van der Waals surface area contributed by atoms with Crippen molar-refractivity contribution in [2.75, 3.05) is 25.4 Å². The summed E-state index contributed by atoms with van der Waals surface area (Å²) in [4.78, 5) is 19.2. The number of benzene rings is 1. The number of nitrogen functional groups attached to an aromatic ring is 1. The van der Waals surface area contributed by atoms with Gasteiger partial charge in [-0.15, -0.1) is 0 Å². The zero-order chi connectivity index (χ0) is 21.6. The molecule has 1 aromatic carbocycles. The van der Waals surface area contributed by atoms with E-state index >= 15 is 0 Å². The van der Waals surface area contributed by atoms with Gasteiger partial charge in [-0.05, 0) is 71.0 Å². The van der Waals surface area contributed by atoms with E-state index in [0.29, 0.717) is 38.9 Å². The maximum atomic E-state index is 11.8. The summed E-state index contributed by atoms with van der Waals surface area (Å²) in [5.41, 5.74) is 20.7. The minimum absolute atomic E-state index is 0.00140. The minimum atomic E-state index is -0.157. The summed E-state index contributed by atoms with van der Waals surface area (Å²) >= 11 is 0. The first-order valence-corrected chi connectivity index (χ1v) is 10.3. The van der Waals surface area contributed by atoms with E-state index in [4.69, 9.17) is 11.3 Å². The molecule has 0 aromatic heterocycles. The maximum absolute atomic E-state index is 11.8. The van der Waals surface area contributed by atoms with Gasteiger partial charge in [0.2, 0.25) is 5.91 Å². The SMILES string of the molecule is CC1(C)C2=CC(=NCCCC(=O)NCCCN=[N+]=[N-])C=CC2=Cc2ccc(N)cc21. The third kappa shape index (κ3) is 4.99. The van der Waals surface area contributed by atoms with Crippen LogP contribution in [0.2, 0.25) is 0 Å². The van der Waals surface area contributed by atoms with Gasteiger partial charge in [0.25, 0.3) is 0 Å². The summed E-state index contributed by atoms with van der Waals surface area (Å²) in [5.74, 6) is 0.00140. The van der Waals surface area contributed by atoms with Crippen molar-refractivity contribution < 1.29 is 4.79 Å². The van der Waals surface area contributed by atoms with E-state index in [1.54, 1.807) is 0 Å². The van der Waals surface area contributed by atoms with Gasteiger partial charge < -0.3 is 11.1 Å². The Labute approximate surface area is 177 Å². The Bertz CT molecular complexity index is 993. The molecule has 0 unspecified atom stereocenters. The Morgan fingerprint density at radius 3 is 2.83 bits per heavy atom. The largest absolute Gasteiger partial charge is 0.399 e. The molecule has 0 radical (unpaired) electrons. The molecule has 0 saturated heterocycles. The molecule has 2 aliphatic carbocycles. The van der Waals surface area contributed by atoms with Gasteiger partial charge in [0.05, 0.1) is 5.71 Å². The third-order valence-corrected chi connectivity index (χ3v) is 5.45. The molecule has 0 fully saturated rings. The van der Waals surface area contributed by atoms with Crippen molar-refractivity contribution in [3.8, 4) is 0 Å². The molecule has 1 aromatic rings. The summed E-state index contributed by atoms with van der Waals surface area (Å²) in [7, 11) is 0. The van der Waals surface area contributed by atoms with Crippen LogP contribution in [0.25, 0.3) is 16.5 Å². The molecule has 0 aliphatic heterocycles. The highest BCUT2D eigenvalue weighted by molar-refractivity contribution is 6.08. The molecule has 30 heavy (non-hydrogen) atoms. The Kier molecular flexibility index (Phi) is 6.75. The molecule has 0 heterocycles. The number of anilines is 1. The van der Waals surface area contributed by atoms with Crippen molar-refractivity contribution in [2.24, 2.45) is 10.1 Å². The van der Waals surface area contributed by atoms with E-state index in [-0.39, 0.29) is 11.3 Å². The fourth-order valence-electron chi connectivity index (χ4n) is 3.82. The topological polar surface area (TPSA) is 116 Å². The van der Waals surface area contributed by atoms with Crippen molar-refractivity contribution >= 4 is 23.4 Å². The first-order chi connectivity index (χ1) is 14.4. The van der Waals surface area contributed by atoms with Gasteiger partial charge in [0, 0.05) is 42.1 Å². The molecule has 7 nitrogen and oxygen atoms in total. The molecule has 0 atom stereocenters. The van der Waals surface area contributed by atoms with Gasteiger partial charge in [0.1, 0.15) is 0 Å². The summed E-state index contributed by atoms with van der Waals surface area (Å²) in [6.45, 7) is 5.95. The Morgan fingerprint density at radius 1 is 1.20 bits per heavy atom. The second-order valence-electron chi connectivity index (χ2n) is 8.03. The van der Waals surface area contributed by atoms with Crippen LogP contribution in [0.5, 0.6) is 0 Å². The van der Waals surface area contributed by atoms with E-state index in [1.165, 1.54) is 22.3 Å². The highest BCUT2D eigenvalue weighted by Gasteiger charge is 2.33. The molecule has 0 spiro atoms. The predicted molar refractivity (Wildman–Crippen MR) is 122 cm³/mol. The van der Waals surface area contributed by atoms with Crippen LogP contribution in [0.4, 0.5) is 5.69 Å². The fourth-order valence-corrected chi connectivity index (χ4v) is 3.82. The second-order valence-corrected chi connectivity index (χ2v) is 8.03. The van der Waals surface area contributed by atoms with E-state index in [2.05, 4.69) is 64.5 Å². The Balaban J connectivity index is 1.58. The van der Waals surface area contributed by atoms with E-state index in [0.717, 1.165) is 11.4 Å². The zero-order valence-corrected chi connectivity index (χ0v) is 17.6. The van der Waals surface area contributed by atoms with Crippen molar-refractivity contribution in [3.63, 3.8) is 0 Å². The van der Waals surface area contributed by atoms with Gasteiger partial charge in [-0.3, -0.25) is 9.79 Å². The Morgan fingerprint density at radius 2 is 2.03 bits per heavy atom. The molecule has 0 saturated carbocycles. The van der Waals surface area contributed by atoms with E-state index in [1.807, 2.05) is 12.1 Å². The minimum Gasteiger partial charge on any atom is -0.399 e. The molecule has 3 N–H and O–H groups in total. The lowest BCUT2D eigenvalue weighted by Gasteiger charge is -2.36. The number of nitrogens with one attached hydrogen (secondary N) is 1. The van der Waals surface area contributed by atoms with Crippen LogP contribution in [0.1, 0.15) is 44.2 Å². The molecule has 0 bridgehead atoms. The van der Waals surface area contributed by atoms with Crippen molar-refractivity contribution in [2.45, 2.75) is 38.5 Å². The van der Waals surface area contributed by atoms with Crippen LogP contribution in [0.15, 0.2) is 57.7 Å². The van der Waals surface area contributed by atoms with Crippen molar-refractivity contribution in [1.82, 2.24) is 5.32 Å². The summed E-state index contributed by atoms with van der Waals surface area (Å²) < 4.78 is 0. The van der Waals surface area contributed by atoms with Gasteiger partial charge in [-0.25, -0.2) is 0 Å². The smallest absolute Gasteiger partial charge is 0.220 e. The number of allylic oxidation sites excluding steroid dienone is 5. The highest BCUT2D eigenvalue weighted by atomic mass is 16.1. The molecule has 3 rings (SSSR count). The average molecular weight is 405 g/mol. The van der Waals surface area contributed by atoms with Crippen LogP contribution in [0.3, 0.4) is 0 Å². The first kappa shape index (κ1) is 21.4. The lowest BCUT2D eigenvalue weighted by molar-refractivity contribution is -0.121. The van der Waals surface area contributed by atoms with Gasteiger partial charge in [-0.2, -0.15) is 0 Å². The van der Waals surface area contributed by atoms with Gasteiger partial charge >= 0.3 is 0 Å². The number of fused-ring (bicyclic) bond motifs is 2. The van der Waals surface area contributed by atoms with Gasteiger partial charge in [0.15, 0.2) is 0 Å². The van der Waals surface area contributed by atoms with E-state index in [9.17, 15) is 4.79 Å². The van der Waals surface area contributed by atoms with Gasteiger partial charge in [-0.1, -0.05) is 31.1 Å². The van der Waals surface area contributed by atoms with Crippen LogP contribution in [-0.2, 0) is 10.2 Å². The van der Waals surface area contributed by atoms with Crippen LogP contribution < -0.4 is 11.1 Å². The normalized spacial score (nSPS) is 17.3. The Hall–Kier alpha value is -3.31. The molecular weight excluding hydrogens is 376 g/mol. The number of aliphatic imine (C=N–C) groups is 1. The number of azide groups is 1. The summed E-state index contributed by atoms with van der Waals surface area (Å²) in [5, 5.41) is 6.27. The lowest BCUT2D eigenvalue weighted by Crippen LogP contribution is -2.27. The first-order valence-electron chi connectivity index (χ1n) is 10.3. The lowest BCUT2D eigenvalue weighted by atomic mass is 9.67. The van der Waals surface area contributed by atoms with E-state index < -0.39 is 0 Å². The monoisotopic (exact) mass is 404 g/mol.